The molecule has 2 aromatic carbocycles. The summed E-state index contributed by atoms with van der Waals surface area (Å²) in [6, 6.07) is 16.5. The fraction of sp³-hybridized carbons (Fsp3) is 0.350. The molecule has 1 aliphatic rings. The molecule has 26 heavy (non-hydrogen) atoms. The van der Waals surface area contributed by atoms with Crippen molar-refractivity contribution in [1.29, 1.82) is 0 Å². The second kappa shape index (κ2) is 7.61. The zero-order chi connectivity index (χ0) is 17.9. The number of aromatic nitrogens is 1. The van der Waals surface area contributed by atoms with E-state index in [1.54, 1.807) is 18.4 Å². The van der Waals surface area contributed by atoms with Crippen LogP contribution in [-0.4, -0.2) is 49.7 Å². The summed E-state index contributed by atoms with van der Waals surface area (Å²) in [7, 11) is 1.71. The Kier molecular flexibility index (Phi) is 5.06. The molecule has 0 aliphatic carbocycles. The minimum absolute atomic E-state index is 0.0317. The van der Waals surface area contributed by atoms with E-state index in [2.05, 4.69) is 34.1 Å². The van der Waals surface area contributed by atoms with Gasteiger partial charge < -0.3 is 15.4 Å². The van der Waals surface area contributed by atoms with Gasteiger partial charge in [-0.05, 0) is 24.3 Å². The van der Waals surface area contributed by atoms with E-state index in [1.807, 2.05) is 24.3 Å². The Hall–Kier alpha value is -2.15. The smallest absolute Gasteiger partial charge is 0.120 e. The van der Waals surface area contributed by atoms with Crippen LogP contribution in [0.4, 0.5) is 5.69 Å². The normalized spacial score (nSPS) is 16.8. The van der Waals surface area contributed by atoms with Crippen LogP contribution in [0.5, 0.6) is 5.75 Å². The molecule has 2 heterocycles. The molecule has 1 atom stereocenters. The first kappa shape index (κ1) is 17.3. The topological polar surface area (TPSA) is 54.6 Å². The third-order valence-electron chi connectivity index (χ3n) is 4.87. The summed E-state index contributed by atoms with van der Waals surface area (Å²) in [6.07, 6.45) is 0. The van der Waals surface area contributed by atoms with E-state index in [1.165, 1.54) is 10.4 Å². The van der Waals surface area contributed by atoms with Crippen LogP contribution in [-0.2, 0) is 0 Å². The van der Waals surface area contributed by atoms with E-state index < -0.39 is 0 Å². The number of para-hydroxylation sites is 1. The predicted octanol–water partition coefficient (Wildman–Crippen LogP) is 3.13. The summed E-state index contributed by atoms with van der Waals surface area (Å²) in [6.45, 7) is 4.87. The first-order valence-electron chi connectivity index (χ1n) is 8.95. The molecule has 1 aliphatic heterocycles. The lowest BCUT2D eigenvalue weighted by molar-refractivity contribution is 0.243. The van der Waals surface area contributed by atoms with E-state index in [9.17, 15) is 0 Å². The third kappa shape index (κ3) is 3.67. The Balaban J connectivity index is 1.35. The minimum Gasteiger partial charge on any atom is -0.497 e. The van der Waals surface area contributed by atoms with Crippen LogP contribution in [0, 0.1) is 0 Å². The molecule has 0 radical (unpaired) electrons. The van der Waals surface area contributed by atoms with E-state index in [-0.39, 0.29) is 6.04 Å². The van der Waals surface area contributed by atoms with E-state index >= 15 is 0 Å². The fourth-order valence-electron chi connectivity index (χ4n) is 3.40. The molecule has 0 spiro atoms. The van der Waals surface area contributed by atoms with Gasteiger partial charge in [0, 0.05) is 44.5 Å². The van der Waals surface area contributed by atoms with Gasteiger partial charge in [-0.25, -0.2) is 4.98 Å². The number of fused-ring (bicyclic) bond motifs is 1. The number of hydrogen-bond donors (Lipinski definition) is 1. The standard InChI is InChI=1S/C20H24N4OS/c1-25-16-6-4-5-15(13-16)24-11-9-23(10-12-24)14-17(21)20-22-18-7-2-3-8-19(18)26-20/h2-8,13,17H,9-12,14,21H2,1H3. The van der Waals surface area contributed by atoms with Gasteiger partial charge in [-0.15, -0.1) is 11.3 Å². The summed E-state index contributed by atoms with van der Waals surface area (Å²) >= 11 is 1.71. The maximum absolute atomic E-state index is 6.45. The predicted molar refractivity (Wildman–Crippen MR) is 108 cm³/mol. The Morgan fingerprint density at radius 1 is 1.12 bits per heavy atom. The lowest BCUT2D eigenvalue weighted by atomic mass is 10.2. The van der Waals surface area contributed by atoms with Crippen molar-refractivity contribution in [2.45, 2.75) is 6.04 Å². The second-order valence-electron chi connectivity index (χ2n) is 6.62. The van der Waals surface area contributed by atoms with Crippen LogP contribution in [0.2, 0.25) is 0 Å². The number of nitrogens with zero attached hydrogens (tertiary/aromatic N) is 3. The van der Waals surface area contributed by atoms with Crippen LogP contribution in [0.3, 0.4) is 0 Å². The lowest BCUT2D eigenvalue weighted by Gasteiger charge is -2.37. The van der Waals surface area contributed by atoms with Crippen molar-refractivity contribution in [3.8, 4) is 5.75 Å². The fourth-order valence-corrected chi connectivity index (χ4v) is 4.36. The summed E-state index contributed by atoms with van der Waals surface area (Å²) in [5.74, 6) is 0.905. The molecule has 3 aromatic rings. The maximum atomic E-state index is 6.45. The van der Waals surface area contributed by atoms with Crippen LogP contribution >= 0.6 is 11.3 Å². The highest BCUT2D eigenvalue weighted by molar-refractivity contribution is 7.18. The Labute approximate surface area is 158 Å². The largest absolute Gasteiger partial charge is 0.497 e. The molecule has 1 saturated heterocycles. The monoisotopic (exact) mass is 368 g/mol. The van der Waals surface area contributed by atoms with Crippen molar-refractivity contribution >= 4 is 27.2 Å². The summed E-state index contributed by atoms with van der Waals surface area (Å²) < 4.78 is 6.54. The van der Waals surface area contributed by atoms with Crippen molar-refractivity contribution < 1.29 is 4.74 Å². The highest BCUT2D eigenvalue weighted by atomic mass is 32.1. The second-order valence-corrected chi connectivity index (χ2v) is 7.68. The van der Waals surface area contributed by atoms with Crippen molar-refractivity contribution in [2.24, 2.45) is 5.73 Å². The van der Waals surface area contributed by atoms with E-state index in [0.717, 1.165) is 49.0 Å². The Bertz CT molecular complexity index is 840. The molecule has 1 unspecified atom stereocenters. The first-order chi connectivity index (χ1) is 12.7. The van der Waals surface area contributed by atoms with E-state index in [0.29, 0.717) is 0 Å². The number of rotatable bonds is 5. The lowest BCUT2D eigenvalue weighted by Crippen LogP contribution is -2.48. The van der Waals surface area contributed by atoms with Crippen molar-refractivity contribution in [3.63, 3.8) is 0 Å². The Morgan fingerprint density at radius 3 is 2.69 bits per heavy atom. The van der Waals surface area contributed by atoms with Gasteiger partial charge in [-0.2, -0.15) is 0 Å². The first-order valence-corrected chi connectivity index (χ1v) is 9.77. The molecule has 4 rings (SSSR count). The summed E-state index contributed by atoms with van der Waals surface area (Å²) in [4.78, 5) is 9.55. The van der Waals surface area contributed by atoms with Gasteiger partial charge in [0.1, 0.15) is 10.8 Å². The molecule has 6 heteroatoms. The van der Waals surface area contributed by atoms with Crippen LogP contribution < -0.4 is 15.4 Å². The number of piperazine rings is 1. The zero-order valence-corrected chi connectivity index (χ0v) is 15.8. The van der Waals surface area contributed by atoms with Crippen molar-refractivity contribution in [1.82, 2.24) is 9.88 Å². The summed E-state index contributed by atoms with van der Waals surface area (Å²) in [5, 5.41) is 1.03. The van der Waals surface area contributed by atoms with E-state index in [4.69, 9.17) is 15.5 Å². The van der Waals surface area contributed by atoms with Gasteiger partial charge in [0.2, 0.25) is 0 Å². The molecule has 0 saturated carbocycles. The average Bonchev–Trinajstić information content (AvgIpc) is 3.13. The number of ether oxygens (including phenoxy) is 1. The average molecular weight is 369 g/mol. The number of anilines is 1. The SMILES string of the molecule is COc1cccc(N2CCN(CC(N)c3nc4ccccc4s3)CC2)c1. The molecule has 136 valence electrons. The number of methoxy groups -OCH3 is 1. The molecule has 1 aromatic heterocycles. The molecular weight excluding hydrogens is 344 g/mol. The van der Waals surface area contributed by atoms with Gasteiger partial charge in [-0.1, -0.05) is 18.2 Å². The number of hydrogen-bond acceptors (Lipinski definition) is 6. The van der Waals surface area contributed by atoms with Crippen LogP contribution in [0.1, 0.15) is 11.0 Å². The Morgan fingerprint density at radius 2 is 1.92 bits per heavy atom. The number of nitrogens with two attached hydrogens (primary N) is 1. The van der Waals surface area contributed by atoms with Crippen molar-refractivity contribution in [2.75, 3.05) is 44.7 Å². The molecule has 1 fully saturated rings. The van der Waals surface area contributed by atoms with Crippen molar-refractivity contribution in [3.05, 3.63) is 53.5 Å². The molecule has 0 amide bonds. The maximum Gasteiger partial charge on any atom is 0.120 e. The van der Waals surface area contributed by atoms with Crippen LogP contribution in [0.15, 0.2) is 48.5 Å². The third-order valence-corrected chi connectivity index (χ3v) is 6.04. The van der Waals surface area contributed by atoms with Gasteiger partial charge in [0.25, 0.3) is 0 Å². The highest BCUT2D eigenvalue weighted by Crippen LogP contribution is 2.26. The molecule has 2 N–H and O–H groups in total. The van der Waals surface area contributed by atoms with Gasteiger partial charge >= 0.3 is 0 Å². The van der Waals surface area contributed by atoms with Gasteiger partial charge in [0.15, 0.2) is 0 Å². The summed E-state index contributed by atoms with van der Waals surface area (Å²) in [5.41, 5.74) is 8.72. The quantitative estimate of drug-likeness (QED) is 0.750. The number of benzene rings is 2. The highest BCUT2D eigenvalue weighted by Gasteiger charge is 2.21. The molecule has 5 nitrogen and oxygen atoms in total. The minimum atomic E-state index is -0.0317. The van der Waals surface area contributed by atoms with Gasteiger partial charge in [0.05, 0.1) is 23.4 Å². The zero-order valence-electron chi connectivity index (χ0n) is 15.0. The number of thiazole rings is 1. The van der Waals surface area contributed by atoms with Crippen LogP contribution in [0.25, 0.3) is 10.2 Å². The molecular formula is C20H24N4OS. The molecule has 0 bridgehead atoms. The van der Waals surface area contributed by atoms with Gasteiger partial charge in [-0.3, -0.25) is 4.90 Å².